The largest absolute Gasteiger partial charge is 0.363 e. The Kier molecular flexibility index (Phi) is 2.08. The summed E-state index contributed by atoms with van der Waals surface area (Å²) >= 11 is 0. The summed E-state index contributed by atoms with van der Waals surface area (Å²) in [4.78, 5) is 21.8. The molecule has 0 aliphatic carbocycles. The molecule has 0 unspecified atom stereocenters. The molecule has 1 aliphatic rings. The van der Waals surface area contributed by atoms with Crippen LogP contribution in [0, 0.1) is 10.1 Å². The van der Waals surface area contributed by atoms with E-state index in [0.717, 1.165) is 0 Å². The van der Waals surface area contributed by atoms with Crippen LogP contribution in [-0.4, -0.2) is 16.5 Å². The highest BCUT2D eigenvalue weighted by Gasteiger charge is 2.30. The van der Waals surface area contributed by atoms with Crippen LogP contribution >= 0.6 is 0 Å². The number of non-ortho nitro benzene ring substituents is 1. The molecule has 6 nitrogen and oxygen atoms in total. The van der Waals surface area contributed by atoms with Gasteiger partial charge in [-0.1, -0.05) is 0 Å². The van der Waals surface area contributed by atoms with Crippen molar-refractivity contribution in [2.45, 2.75) is 19.5 Å². The Morgan fingerprint density at radius 3 is 2.62 bits per heavy atom. The molecule has 0 spiro atoms. The molecule has 0 saturated heterocycles. The molecule has 2 N–H and O–H groups in total. The summed E-state index contributed by atoms with van der Waals surface area (Å²) in [5, 5.41) is 16.4. The molecule has 6 heteroatoms. The molecule has 0 atom stereocenters. The number of nitrogens with one attached hydrogen (secondary N) is 2. The van der Waals surface area contributed by atoms with Crippen molar-refractivity contribution in [1.82, 2.24) is 5.32 Å². The van der Waals surface area contributed by atoms with Gasteiger partial charge in [-0.3, -0.25) is 14.9 Å². The van der Waals surface area contributed by atoms with Gasteiger partial charge in [-0.05, 0) is 19.9 Å². The molecule has 0 radical (unpaired) electrons. The van der Waals surface area contributed by atoms with E-state index in [2.05, 4.69) is 10.6 Å². The fourth-order valence-electron chi connectivity index (χ4n) is 1.66. The van der Waals surface area contributed by atoms with Crippen molar-refractivity contribution in [3.63, 3.8) is 0 Å². The van der Waals surface area contributed by atoms with Gasteiger partial charge in [-0.2, -0.15) is 0 Å². The number of nitro benzene ring substituents is 1. The monoisotopic (exact) mass is 221 g/mol. The van der Waals surface area contributed by atoms with E-state index in [4.69, 9.17) is 0 Å². The van der Waals surface area contributed by atoms with Crippen LogP contribution in [0.25, 0.3) is 0 Å². The third kappa shape index (κ3) is 1.69. The van der Waals surface area contributed by atoms with Gasteiger partial charge in [0.25, 0.3) is 11.6 Å². The Balaban J connectivity index is 2.49. The number of fused-ring (bicyclic) bond motifs is 1. The molecule has 1 amide bonds. The fraction of sp³-hybridized carbons (Fsp3) is 0.300. The number of amides is 1. The van der Waals surface area contributed by atoms with E-state index in [9.17, 15) is 14.9 Å². The third-order valence-corrected chi connectivity index (χ3v) is 2.33. The number of carbonyl (C=O) groups excluding carboxylic acids is 1. The maximum Gasteiger partial charge on any atom is 0.270 e. The van der Waals surface area contributed by atoms with Gasteiger partial charge in [0.15, 0.2) is 0 Å². The van der Waals surface area contributed by atoms with Crippen molar-refractivity contribution in [2.75, 3.05) is 5.32 Å². The molecule has 1 aromatic carbocycles. The van der Waals surface area contributed by atoms with Gasteiger partial charge in [-0.25, -0.2) is 0 Å². The first-order valence-electron chi connectivity index (χ1n) is 4.78. The molecular formula is C10H11N3O3. The van der Waals surface area contributed by atoms with E-state index in [1.165, 1.54) is 12.1 Å². The van der Waals surface area contributed by atoms with Gasteiger partial charge >= 0.3 is 0 Å². The quantitative estimate of drug-likeness (QED) is 0.555. The van der Waals surface area contributed by atoms with Gasteiger partial charge in [0, 0.05) is 17.8 Å². The van der Waals surface area contributed by atoms with E-state index < -0.39 is 10.6 Å². The zero-order chi connectivity index (χ0) is 11.9. The number of hydrogen-bond acceptors (Lipinski definition) is 4. The van der Waals surface area contributed by atoms with Crippen LogP contribution in [0.2, 0.25) is 0 Å². The standard InChI is InChI=1S/C10H11N3O3/c1-10(2)11-8-4-3-6(13(15)16)5-7(8)9(14)12-10/h3-5,11H,1-2H3,(H,12,14). The van der Waals surface area contributed by atoms with E-state index in [-0.39, 0.29) is 11.6 Å². The minimum Gasteiger partial charge on any atom is -0.363 e. The molecule has 84 valence electrons. The summed E-state index contributed by atoms with van der Waals surface area (Å²) in [6, 6.07) is 4.20. The minimum absolute atomic E-state index is 0.0876. The van der Waals surface area contributed by atoms with E-state index >= 15 is 0 Å². The molecule has 16 heavy (non-hydrogen) atoms. The Hall–Kier alpha value is -2.11. The summed E-state index contributed by atoms with van der Waals surface area (Å²) in [5.74, 6) is -0.303. The second kappa shape index (κ2) is 3.19. The highest BCUT2D eigenvalue weighted by Crippen LogP contribution is 2.27. The van der Waals surface area contributed by atoms with Crippen LogP contribution < -0.4 is 10.6 Å². The lowest BCUT2D eigenvalue weighted by Gasteiger charge is -2.34. The average molecular weight is 221 g/mol. The predicted molar refractivity (Wildman–Crippen MR) is 58.3 cm³/mol. The number of anilines is 1. The van der Waals surface area contributed by atoms with Crippen molar-refractivity contribution in [3.8, 4) is 0 Å². The summed E-state index contributed by atoms with van der Waals surface area (Å²) in [6.45, 7) is 3.63. The Morgan fingerprint density at radius 2 is 2.00 bits per heavy atom. The van der Waals surface area contributed by atoms with Gasteiger partial charge < -0.3 is 10.6 Å². The Morgan fingerprint density at radius 1 is 1.31 bits per heavy atom. The maximum atomic E-state index is 11.7. The number of hydrogen-bond donors (Lipinski definition) is 2. The molecule has 2 rings (SSSR count). The second-order valence-electron chi connectivity index (χ2n) is 4.19. The second-order valence-corrected chi connectivity index (χ2v) is 4.19. The number of nitrogens with zero attached hydrogens (tertiary/aromatic N) is 1. The van der Waals surface area contributed by atoms with Crippen LogP contribution in [0.4, 0.5) is 11.4 Å². The number of benzene rings is 1. The summed E-state index contributed by atoms with van der Waals surface area (Å²) < 4.78 is 0. The van der Waals surface area contributed by atoms with Crippen molar-refractivity contribution in [1.29, 1.82) is 0 Å². The summed E-state index contributed by atoms with van der Waals surface area (Å²) in [5.41, 5.74) is 0.281. The lowest BCUT2D eigenvalue weighted by molar-refractivity contribution is -0.384. The van der Waals surface area contributed by atoms with Crippen molar-refractivity contribution in [3.05, 3.63) is 33.9 Å². The van der Waals surface area contributed by atoms with Crippen molar-refractivity contribution in [2.24, 2.45) is 0 Å². The predicted octanol–water partition coefficient (Wildman–Crippen LogP) is 1.49. The van der Waals surface area contributed by atoms with E-state index in [1.54, 1.807) is 6.07 Å². The first-order chi connectivity index (χ1) is 7.39. The normalized spacial score (nSPS) is 17.0. The van der Waals surface area contributed by atoms with E-state index in [0.29, 0.717) is 11.3 Å². The van der Waals surface area contributed by atoms with Gasteiger partial charge in [0.1, 0.15) is 5.66 Å². The molecule has 0 bridgehead atoms. The smallest absolute Gasteiger partial charge is 0.270 e. The SMILES string of the molecule is CC1(C)NC(=O)c2cc([N+](=O)[O-])ccc2N1. The molecule has 0 aromatic heterocycles. The van der Waals surface area contributed by atoms with Crippen molar-refractivity contribution < 1.29 is 9.72 Å². The number of rotatable bonds is 1. The maximum absolute atomic E-state index is 11.7. The lowest BCUT2D eigenvalue weighted by atomic mass is 10.0. The highest BCUT2D eigenvalue weighted by atomic mass is 16.6. The van der Waals surface area contributed by atoms with Gasteiger partial charge in [0.05, 0.1) is 10.5 Å². The molecule has 1 aliphatic heterocycles. The molecule has 1 heterocycles. The fourth-order valence-corrected chi connectivity index (χ4v) is 1.66. The van der Waals surface area contributed by atoms with Crippen LogP contribution in [0.15, 0.2) is 18.2 Å². The molecule has 0 fully saturated rings. The molecule has 0 saturated carbocycles. The topological polar surface area (TPSA) is 84.3 Å². The van der Waals surface area contributed by atoms with E-state index in [1.807, 2.05) is 13.8 Å². The number of carbonyl (C=O) groups is 1. The first-order valence-corrected chi connectivity index (χ1v) is 4.78. The Labute approximate surface area is 91.8 Å². The Bertz CT molecular complexity index is 482. The zero-order valence-electron chi connectivity index (χ0n) is 8.90. The van der Waals surface area contributed by atoms with Gasteiger partial charge in [0.2, 0.25) is 0 Å². The minimum atomic E-state index is -0.541. The first kappa shape index (κ1) is 10.4. The molecule has 1 aromatic rings. The number of nitro groups is 1. The van der Waals surface area contributed by atoms with Crippen LogP contribution in [0.1, 0.15) is 24.2 Å². The summed E-state index contributed by atoms with van der Waals surface area (Å²) in [6.07, 6.45) is 0. The third-order valence-electron chi connectivity index (χ3n) is 2.33. The highest BCUT2D eigenvalue weighted by molar-refractivity contribution is 6.02. The average Bonchev–Trinajstić information content (AvgIpc) is 2.15. The zero-order valence-corrected chi connectivity index (χ0v) is 8.90. The molecular weight excluding hydrogens is 210 g/mol. The van der Waals surface area contributed by atoms with Crippen LogP contribution in [-0.2, 0) is 0 Å². The summed E-state index contributed by atoms with van der Waals surface area (Å²) in [7, 11) is 0. The van der Waals surface area contributed by atoms with Crippen LogP contribution in [0.3, 0.4) is 0 Å². The van der Waals surface area contributed by atoms with Crippen LogP contribution in [0.5, 0.6) is 0 Å². The van der Waals surface area contributed by atoms with Gasteiger partial charge in [-0.15, -0.1) is 0 Å². The van der Waals surface area contributed by atoms with Crippen molar-refractivity contribution >= 4 is 17.3 Å². The lowest BCUT2D eigenvalue weighted by Crippen LogP contribution is -2.53.